The molecule has 1 heterocycles. The molecule has 1 amide bonds. The number of para-hydroxylation sites is 1. The molecule has 4 bridgehead atoms. The van der Waals surface area contributed by atoms with Gasteiger partial charge in [-0.25, -0.2) is 0 Å². The van der Waals surface area contributed by atoms with Crippen molar-refractivity contribution >= 4 is 5.91 Å². The molecule has 0 spiro atoms. The van der Waals surface area contributed by atoms with Gasteiger partial charge in [0.05, 0.1) is 5.41 Å². The second-order valence-electron chi connectivity index (χ2n) is 10.5. The molecule has 1 atom stereocenters. The highest BCUT2D eigenvalue weighted by molar-refractivity contribution is 5.83. The molecule has 1 unspecified atom stereocenters. The summed E-state index contributed by atoms with van der Waals surface area (Å²) < 4.78 is 5.80. The first-order valence-corrected chi connectivity index (χ1v) is 11.9. The summed E-state index contributed by atoms with van der Waals surface area (Å²) >= 11 is 0. The molecule has 5 fully saturated rings. The molecule has 1 N–H and O–H groups in total. The van der Waals surface area contributed by atoms with Crippen LogP contribution in [-0.2, 0) is 4.79 Å². The largest absolute Gasteiger partial charge is 0.491 e. The predicted molar refractivity (Wildman–Crippen MR) is 116 cm³/mol. The summed E-state index contributed by atoms with van der Waals surface area (Å²) in [6, 6.07) is 7.90. The zero-order chi connectivity index (χ0) is 20.7. The molecule has 6 rings (SSSR count). The van der Waals surface area contributed by atoms with Gasteiger partial charge in [-0.1, -0.05) is 18.2 Å². The van der Waals surface area contributed by atoms with Gasteiger partial charge in [-0.15, -0.1) is 0 Å². The Labute approximate surface area is 180 Å². The average molecular weight is 413 g/mol. The van der Waals surface area contributed by atoms with Gasteiger partial charge in [0.15, 0.2) is 0 Å². The van der Waals surface area contributed by atoms with E-state index in [0.717, 1.165) is 74.5 Å². The maximum absolute atomic E-state index is 13.5. The third kappa shape index (κ3) is 3.99. The molecule has 30 heavy (non-hydrogen) atoms. The van der Waals surface area contributed by atoms with Crippen molar-refractivity contribution in [2.24, 2.45) is 23.2 Å². The highest BCUT2D eigenvalue weighted by Gasteiger charge is 2.55. The number of benzene rings is 1. The number of nitrogens with zero attached hydrogens (tertiary/aromatic N) is 2. The molecule has 1 aliphatic heterocycles. The smallest absolute Gasteiger partial charge is 0.228 e. The fourth-order valence-corrected chi connectivity index (χ4v) is 7.10. The van der Waals surface area contributed by atoms with Crippen LogP contribution in [0.1, 0.15) is 44.1 Å². The molecule has 1 aromatic carbocycles. The Bertz CT molecular complexity index is 736. The lowest BCUT2D eigenvalue weighted by Gasteiger charge is -2.57. The molecular weight excluding hydrogens is 376 g/mol. The fraction of sp³-hybridized carbons (Fsp3) is 0.720. The summed E-state index contributed by atoms with van der Waals surface area (Å²) in [5, 5.41) is 10.4. The van der Waals surface area contributed by atoms with Crippen LogP contribution in [0.4, 0.5) is 0 Å². The van der Waals surface area contributed by atoms with Crippen LogP contribution in [0, 0.1) is 30.1 Å². The van der Waals surface area contributed by atoms with E-state index in [4.69, 9.17) is 4.74 Å². The highest BCUT2D eigenvalue weighted by atomic mass is 16.5. The quantitative estimate of drug-likeness (QED) is 0.780. The van der Waals surface area contributed by atoms with E-state index in [1.165, 1.54) is 19.3 Å². The number of rotatable bonds is 6. The summed E-state index contributed by atoms with van der Waals surface area (Å²) in [4.78, 5) is 17.9. The molecule has 5 nitrogen and oxygen atoms in total. The van der Waals surface area contributed by atoms with Crippen LogP contribution in [0.15, 0.2) is 24.3 Å². The van der Waals surface area contributed by atoms with Crippen molar-refractivity contribution in [2.75, 3.05) is 39.3 Å². The van der Waals surface area contributed by atoms with Gasteiger partial charge >= 0.3 is 0 Å². The van der Waals surface area contributed by atoms with Gasteiger partial charge in [0.1, 0.15) is 18.5 Å². The number of β-amino-alcohol motifs (C(OH)–C–C–N with tert-alkyl or cyclic N) is 1. The highest BCUT2D eigenvalue weighted by Crippen LogP contribution is 2.60. The Hall–Kier alpha value is -1.59. The maximum Gasteiger partial charge on any atom is 0.228 e. The molecule has 1 aromatic rings. The van der Waals surface area contributed by atoms with Crippen LogP contribution in [0.2, 0.25) is 0 Å². The number of piperazine rings is 1. The number of hydrogen-bond donors (Lipinski definition) is 1. The van der Waals surface area contributed by atoms with E-state index >= 15 is 0 Å². The first kappa shape index (κ1) is 20.3. The zero-order valence-corrected chi connectivity index (χ0v) is 18.3. The van der Waals surface area contributed by atoms with Gasteiger partial charge in [0.25, 0.3) is 0 Å². The number of aryl methyl sites for hydroxylation is 1. The number of carbonyl (C=O) groups is 1. The Morgan fingerprint density at radius 1 is 1.07 bits per heavy atom. The van der Waals surface area contributed by atoms with Gasteiger partial charge in [0, 0.05) is 32.7 Å². The van der Waals surface area contributed by atoms with E-state index in [-0.39, 0.29) is 5.41 Å². The van der Waals surface area contributed by atoms with E-state index in [2.05, 4.69) is 9.80 Å². The van der Waals surface area contributed by atoms with Crippen molar-refractivity contribution in [3.8, 4) is 5.75 Å². The van der Waals surface area contributed by atoms with Crippen LogP contribution in [0.3, 0.4) is 0 Å². The molecule has 1 saturated heterocycles. The van der Waals surface area contributed by atoms with Crippen molar-refractivity contribution in [1.82, 2.24) is 9.80 Å². The van der Waals surface area contributed by atoms with E-state index in [1.54, 1.807) is 0 Å². The van der Waals surface area contributed by atoms with Crippen LogP contribution in [0.25, 0.3) is 0 Å². The monoisotopic (exact) mass is 412 g/mol. The lowest BCUT2D eigenvalue weighted by atomic mass is 9.49. The Kier molecular flexibility index (Phi) is 5.53. The molecule has 164 valence electrons. The Balaban J connectivity index is 1.10. The summed E-state index contributed by atoms with van der Waals surface area (Å²) in [5.41, 5.74) is 1.05. The predicted octanol–water partition coefficient (Wildman–Crippen LogP) is 3.10. The molecule has 4 saturated carbocycles. The molecule has 0 aromatic heterocycles. The van der Waals surface area contributed by atoms with Gasteiger partial charge in [-0.05, 0) is 74.8 Å². The van der Waals surface area contributed by atoms with Crippen molar-refractivity contribution in [1.29, 1.82) is 0 Å². The number of carbonyl (C=O) groups excluding carboxylic acids is 1. The molecule has 4 aliphatic carbocycles. The first-order valence-electron chi connectivity index (χ1n) is 11.9. The Morgan fingerprint density at radius 2 is 1.67 bits per heavy atom. The minimum absolute atomic E-state index is 0.0299. The molecule has 5 heteroatoms. The first-order chi connectivity index (χ1) is 14.5. The second kappa shape index (κ2) is 8.16. The average Bonchev–Trinajstić information content (AvgIpc) is 2.72. The second-order valence-corrected chi connectivity index (χ2v) is 10.5. The molecule has 5 aliphatic rings. The van der Waals surface area contributed by atoms with Gasteiger partial charge in [-0.2, -0.15) is 0 Å². The number of aliphatic hydroxyl groups excluding tert-OH is 1. The van der Waals surface area contributed by atoms with Crippen LogP contribution < -0.4 is 4.74 Å². The van der Waals surface area contributed by atoms with Crippen LogP contribution >= 0.6 is 0 Å². The van der Waals surface area contributed by atoms with E-state index in [1.807, 2.05) is 31.2 Å². The zero-order valence-electron chi connectivity index (χ0n) is 18.3. The topological polar surface area (TPSA) is 53.0 Å². The van der Waals surface area contributed by atoms with Crippen molar-refractivity contribution in [2.45, 2.75) is 51.6 Å². The number of amides is 1. The number of hydrogen-bond acceptors (Lipinski definition) is 4. The summed E-state index contributed by atoms with van der Waals surface area (Å²) in [6.45, 7) is 6.21. The van der Waals surface area contributed by atoms with Crippen molar-refractivity contribution < 1.29 is 14.6 Å². The third-order valence-electron chi connectivity index (χ3n) is 8.15. The third-order valence-corrected chi connectivity index (χ3v) is 8.15. The molecular formula is C25H36N2O3. The lowest BCUT2D eigenvalue weighted by molar-refractivity contribution is -0.159. The fourth-order valence-electron chi connectivity index (χ4n) is 7.10. The standard InChI is InChI=1S/C25H36N2O3/c1-18-4-2-3-5-23(18)30-17-22(28)16-26-6-8-27(9-7-26)24(29)25-13-19-10-20(14-25)12-21(11-19)15-25/h2-5,19-22,28H,6-17H2,1H3. The van der Waals surface area contributed by atoms with Crippen LogP contribution in [-0.4, -0.2) is 66.2 Å². The van der Waals surface area contributed by atoms with E-state index < -0.39 is 6.10 Å². The summed E-state index contributed by atoms with van der Waals surface area (Å²) in [6.07, 6.45) is 7.05. The maximum atomic E-state index is 13.5. The van der Waals surface area contributed by atoms with Crippen molar-refractivity contribution in [3.63, 3.8) is 0 Å². The minimum Gasteiger partial charge on any atom is -0.491 e. The minimum atomic E-state index is -0.519. The molecule has 0 radical (unpaired) electrons. The number of ether oxygens (including phenoxy) is 1. The summed E-state index contributed by atoms with van der Waals surface area (Å²) in [7, 11) is 0. The van der Waals surface area contributed by atoms with Gasteiger partial charge in [0.2, 0.25) is 5.91 Å². The number of aliphatic hydroxyl groups is 1. The Morgan fingerprint density at radius 3 is 2.27 bits per heavy atom. The van der Waals surface area contributed by atoms with Crippen molar-refractivity contribution in [3.05, 3.63) is 29.8 Å². The van der Waals surface area contributed by atoms with E-state index in [0.29, 0.717) is 19.1 Å². The van der Waals surface area contributed by atoms with Gasteiger partial charge in [-0.3, -0.25) is 9.69 Å². The van der Waals surface area contributed by atoms with Crippen LogP contribution in [0.5, 0.6) is 5.75 Å². The van der Waals surface area contributed by atoms with E-state index in [9.17, 15) is 9.90 Å². The lowest BCUT2D eigenvalue weighted by Crippen LogP contribution is -2.58. The summed E-state index contributed by atoms with van der Waals surface area (Å²) in [5.74, 6) is 3.71. The normalized spacial score (nSPS) is 34.2. The SMILES string of the molecule is Cc1ccccc1OCC(O)CN1CCN(C(=O)C23CC4CC(CC(C4)C2)C3)CC1. The van der Waals surface area contributed by atoms with Gasteiger partial charge < -0.3 is 14.7 Å².